The summed E-state index contributed by atoms with van der Waals surface area (Å²) >= 11 is 0. The molecule has 0 spiro atoms. The first-order valence-electron chi connectivity index (χ1n) is 5.96. The Morgan fingerprint density at radius 3 is 3.20 bits per heavy atom. The zero-order valence-corrected chi connectivity index (χ0v) is 11.2. The van der Waals surface area contributed by atoms with Crippen molar-refractivity contribution in [2.75, 3.05) is 6.61 Å². The van der Waals surface area contributed by atoms with Crippen LogP contribution in [-0.2, 0) is 18.6 Å². The number of ether oxygens (including phenoxy) is 1. The second kappa shape index (κ2) is 4.19. The van der Waals surface area contributed by atoms with Gasteiger partial charge in [0.05, 0.1) is 13.0 Å². The summed E-state index contributed by atoms with van der Waals surface area (Å²) in [4.78, 5) is 16.2. The smallest absolute Gasteiger partial charge is 0.246 e. The molecular formula is C12H10N3O4P. The van der Waals surface area contributed by atoms with E-state index < -0.39 is 0 Å². The first-order valence-corrected chi connectivity index (χ1v) is 6.78. The number of nitrogens with two attached hydrogens (primary N) is 1. The van der Waals surface area contributed by atoms with Crippen molar-refractivity contribution in [2.45, 2.75) is 6.42 Å². The lowest BCUT2D eigenvalue weighted by molar-refractivity contribution is -0.117. The van der Waals surface area contributed by atoms with Crippen LogP contribution in [0, 0.1) is 0 Å². The molecule has 3 aliphatic heterocycles. The zero-order chi connectivity index (χ0) is 13.7. The van der Waals surface area contributed by atoms with E-state index >= 15 is 0 Å². The maximum Gasteiger partial charge on any atom is 0.246 e. The quantitative estimate of drug-likeness (QED) is 0.638. The Hall–Kier alpha value is -2.11. The van der Waals surface area contributed by atoms with Crippen molar-refractivity contribution in [1.29, 1.82) is 0 Å². The van der Waals surface area contributed by atoms with E-state index in [4.69, 9.17) is 19.5 Å². The Kier molecular flexibility index (Phi) is 2.45. The number of Topliss-reactive ketones (excluding diaryl/α,β-unsaturated/α-hetero) is 1. The molecule has 0 fully saturated rings. The fourth-order valence-electron chi connectivity index (χ4n) is 2.24. The van der Waals surface area contributed by atoms with Crippen molar-refractivity contribution in [1.82, 2.24) is 5.32 Å². The van der Waals surface area contributed by atoms with E-state index in [-0.39, 0.29) is 27.0 Å². The number of rotatable bonds is 0. The third-order valence-electron chi connectivity index (χ3n) is 3.11. The highest BCUT2D eigenvalue weighted by atomic mass is 31.1. The molecule has 1 atom stereocenters. The number of hydrogen-bond acceptors (Lipinski definition) is 7. The normalized spacial score (nSPS) is 25.4. The van der Waals surface area contributed by atoms with E-state index in [1.807, 2.05) is 0 Å². The molecule has 3 N–H and O–H groups in total. The highest BCUT2D eigenvalue weighted by molar-refractivity contribution is 7.26. The van der Waals surface area contributed by atoms with Crippen molar-refractivity contribution in [3.8, 4) is 0 Å². The average molecular weight is 291 g/mol. The summed E-state index contributed by atoms with van der Waals surface area (Å²) in [6.07, 6.45) is 3.70. The van der Waals surface area contributed by atoms with Gasteiger partial charge in [-0.05, 0) is 12.2 Å². The van der Waals surface area contributed by atoms with Gasteiger partial charge in [-0.15, -0.1) is 0 Å². The van der Waals surface area contributed by atoms with Gasteiger partial charge in [-0.1, -0.05) is 0 Å². The molecule has 20 heavy (non-hydrogen) atoms. The van der Waals surface area contributed by atoms with Gasteiger partial charge in [0, 0.05) is 11.3 Å². The number of nitrogens with one attached hydrogen (secondary N) is 1. The Morgan fingerprint density at radius 2 is 2.30 bits per heavy atom. The predicted octanol–water partition coefficient (Wildman–Crippen LogP) is 0.696. The van der Waals surface area contributed by atoms with Crippen molar-refractivity contribution in [2.24, 2.45) is 10.7 Å². The molecule has 0 saturated carbocycles. The van der Waals surface area contributed by atoms with Crippen LogP contribution < -0.4 is 11.1 Å². The predicted molar refractivity (Wildman–Crippen MR) is 71.0 cm³/mol. The molecule has 4 rings (SSSR count). The van der Waals surface area contributed by atoms with E-state index in [2.05, 4.69) is 10.3 Å². The minimum atomic E-state index is -0.146. The van der Waals surface area contributed by atoms with Gasteiger partial charge in [-0.25, -0.2) is 0 Å². The second-order valence-corrected chi connectivity index (χ2v) is 5.22. The minimum absolute atomic E-state index is 0.0792. The van der Waals surface area contributed by atoms with Crippen LogP contribution in [0.15, 0.2) is 51.5 Å². The lowest BCUT2D eigenvalue weighted by Gasteiger charge is -2.29. The van der Waals surface area contributed by atoms with Crippen LogP contribution in [0.5, 0.6) is 0 Å². The van der Waals surface area contributed by atoms with E-state index in [1.165, 1.54) is 0 Å². The van der Waals surface area contributed by atoms with Gasteiger partial charge < -0.3 is 24.8 Å². The summed E-state index contributed by atoms with van der Waals surface area (Å²) in [5.41, 5.74) is 8.32. The van der Waals surface area contributed by atoms with E-state index in [0.29, 0.717) is 35.4 Å². The fourth-order valence-corrected chi connectivity index (χ4v) is 2.75. The molecule has 0 amide bonds. The Morgan fingerprint density at radius 1 is 1.40 bits per heavy atom. The van der Waals surface area contributed by atoms with Gasteiger partial charge in [0.1, 0.15) is 11.4 Å². The lowest BCUT2D eigenvalue weighted by atomic mass is 9.98. The fraction of sp³-hybridized carbons (Fsp3) is 0.167. The summed E-state index contributed by atoms with van der Waals surface area (Å²) in [6.45, 7) is 0.407. The first kappa shape index (κ1) is 11.7. The van der Waals surface area contributed by atoms with Crippen molar-refractivity contribution in [3.63, 3.8) is 0 Å². The van der Waals surface area contributed by atoms with Gasteiger partial charge in [0.25, 0.3) is 0 Å². The van der Waals surface area contributed by atoms with Gasteiger partial charge in [0.2, 0.25) is 26.6 Å². The highest BCUT2D eigenvalue weighted by Crippen LogP contribution is 2.34. The maximum absolute atomic E-state index is 11.9. The topological polar surface area (TPSA) is 95.2 Å². The van der Waals surface area contributed by atoms with Crippen LogP contribution in [0.4, 0.5) is 0 Å². The summed E-state index contributed by atoms with van der Waals surface area (Å²) in [6, 6.07) is 0. The van der Waals surface area contributed by atoms with Crippen LogP contribution in [0.3, 0.4) is 0 Å². The summed E-state index contributed by atoms with van der Waals surface area (Å²) < 4.78 is 16.1. The number of hydrogen-bond donors (Lipinski definition) is 2. The molecule has 0 aromatic rings. The molecule has 4 aliphatic rings. The lowest BCUT2D eigenvalue weighted by Crippen LogP contribution is -2.34. The zero-order valence-electron chi connectivity index (χ0n) is 10.2. The summed E-state index contributed by atoms with van der Waals surface area (Å²) in [7, 11) is -0.0792. The molecule has 3 heterocycles. The maximum atomic E-state index is 11.9. The number of carbonyl (C=O) groups excluding carboxylic acids is 1. The van der Waals surface area contributed by atoms with Crippen LogP contribution in [0.25, 0.3) is 0 Å². The van der Waals surface area contributed by atoms with E-state index in [0.717, 1.165) is 5.70 Å². The highest BCUT2D eigenvalue weighted by Gasteiger charge is 2.32. The molecule has 0 aromatic carbocycles. The third-order valence-corrected chi connectivity index (χ3v) is 3.65. The SMILES string of the molecule is NC1=CC2=C(OC3=NC4=C(COPO4)NC3=C2)C(=O)C1. The molecule has 0 radical (unpaired) electrons. The van der Waals surface area contributed by atoms with Gasteiger partial charge in [-0.3, -0.25) is 4.79 Å². The van der Waals surface area contributed by atoms with Crippen LogP contribution >= 0.6 is 9.03 Å². The molecule has 0 bridgehead atoms. The number of aliphatic imine (C=N–C) groups is 1. The van der Waals surface area contributed by atoms with Crippen LogP contribution in [0.1, 0.15) is 6.42 Å². The third kappa shape index (κ3) is 1.75. The minimum Gasteiger partial charge on any atom is -0.433 e. The molecule has 102 valence electrons. The van der Waals surface area contributed by atoms with Gasteiger partial charge >= 0.3 is 0 Å². The van der Waals surface area contributed by atoms with Gasteiger partial charge in [-0.2, -0.15) is 4.99 Å². The molecule has 7 nitrogen and oxygen atoms in total. The molecule has 1 aliphatic carbocycles. The first-order chi connectivity index (χ1) is 9.70. The number of allylic oxidation sites excluding steroid dienone is 5. The molecule has 1 unspecified atom stereocenters. The monoisotopic (exact) mass is 291 g/mol. The largest absolute Gasteiger partial charge is 0.433 e. The van der Waals surface area contributed by atoms with Crippen molar-refractivity contribution < 1.29 is 18.6 Å². The van der Waals surface area contributed by atoms with Gasteiger partial charge in [0.15, 0.2) is 5.76 Å². The molecule has 0 saturated heterocycles. The van der Waals surface area contributed by atoms with E-state index in [9.17, 15) is 4.79 Å². The van der Waals surface area contributed by atoms with Crippen molar-refractivity contribution >= 4 is 20.7 Å². The number of carbonyl (C=O) groups is 1. The number of nitrogens with zero attached hydrogens (tertiary/aromatic N) is 1. The molecular weight excluding hydrogens is 281 g/mol. The molecule has 8 heteroatoms. The van der Waals surface area contributed by atoms with Crippen LogP contribution in [0.2, 0.25) is 0 Å². The van der Waals surface area contributed by atoms with Crippen LogP contribution in [-0.4, -0.2) is 18.3 Å². The van der Waals surface area contributed by atoms with Crippen molar-refractivity contribution in [3.05, 3.63) is 46.5 Å². The average Bonchev–Trinajstić information content (AvgIpc) is 2.43. The molecule has 0 aromatic heterocycles. The summed E-state index contributed by atoms with van der Waals surface area (Å²) in [5.74, 6) is 0.912. The second-order valence-electron chi connectivity index (χ2n) is 4.56. The Bertz CT molecular complexity index is 687. The Balaban J connectivity index is 1.75. The summed E-state index contributed by atoms with van der Waals surface area (Å²) in [5, 5.41) is 3.14. The number of ketones is 1. The van der Waals surface area contributed by atoms with E-state index in [1.54, 1.807) is 12.2 Å². The number of fused-ring (bicyclic) bond motifs is 1. The Labute approximate surface area is 115 Å². The standard InChI is InChI=1S/C12H10N3O4P/c13-6-1-5-2-7-11(18-10(5)9(16)3-6)15-12-8(14-7)4-17-20-19-12/h1-2,14,20H,3-4,13H2.